The van der Waals surface area contributed by atoms with E-state index in [4.69, 9.17) is 4.74 Å². The number of ether oxygens (including phenoxy) is 1. The molecule has 0 saturated carbocycles. The van der Waals surface area contributed by atoms with Crippen LogP contribution < -0.4 is 10.1 Å². The molecule has 1 aromatic heterocycles. The van der Waals surface area contributed by atoms with Gasteiger partial charge in [0.05, 0.1) is 17.6 Å². The van der Waals surface area contributed by atoms with Crippen molar-refractivity contribution in [3.05, 3.63) is 53.9 Å². The first-order valence-corrected chi connectivity index (χ1v) is 9.81. The van der Waals surface area contributed by atoms with Crippen LogP contribution in [-0.2, 0) is 16.6 Å². The van der Waals surface area contributed by atoms with Gasteiger partial charge in [0.15, 0.2) is 0 Å². The van der Waals surface area contributed by atoms with Crippen molar-refractivity contribution in [1.82, 2.24) is 14.6 Å². The van der Waals surface area contributed by atoms with Gasteiger partial charge in [0.25, 0.3) is 5.91 Å². The number of benzene rings is 1. The van der Waals surface area contributed by atoms with Crippen LogP contribution in [0.15, 0.2) is 47.6 Å². The fourth-order valence-electron chi connectivity index (χ4n) is 2.88. The van der Waals surface area contributed by atoms with E-state index in [0.717, 1.165) is 18.4 Å². The maximum absolute atomic E-state index is 12.7. The molecule has 2 aromatic rings. The van der Waals surface area contributed by atoms with Crippen molar-refractivity contribution in [2.75, 3.05) is 20.2 Å². The van der Waals surface area contributed by atoms with Crippen molar-refractivity contribution in [2.45, 2.75) is 24.3 Å². The van der Waals surface area contributed by atoms with E-state index in [0.29, 0.717) is 25.4 Å². The Bertz CT molecular complexity index is 879. The van der Waals surface area contributed by atoms with Crippen LogP contribution >= 0.6 is 0 Å². The number of carbonyl (C=O) groups excluding carboxylic acids is 1. The summed E-state index contributed by atoms with van der Waals surface area (Å²) < 4.78 is 32.1. The second kappa shape index (κ2) is 7.84. The summed E-state index contributed by atoms with van der Waals surface area (Å²) in [7, 11) is -2.15. The molecule has 0 atom stereocenters. The van der Waals surface area contributed by atoms with E-state index in [1.165, 1.54) is 29.6 Å². The summed E-state index contributed by atoms with van der Waals surface area (Å²) in [5.74, 6) is -0.0711. The zero-order chi connectivity index (χ0) is 18.6. The number of rotatable bonds is 6. The van der Waals surface area contributed by atoms with Gasteiger partial charge in [-0.15, -0.1) is 0 Å². The van der Waals surface area contributed by atoms with E-state index in [-0.39, 0.29) is 10.5 Å². The van der Waals surface area contributed by atoms with Gasteiger partial charge in [-0.2, -0.15) is 4.31 Å². The molecule has 0 unspecified atom stereocenters. The minimum atomic E-state index is -3.60. The van der Waals surface area contributed by atoms with Gasteiger partial charge >= 0.3 is 0 Å². The van der Waals surface area contributed by atoms with Crippen LogP contribution in [0.3, 0.4) is 0 Å². The van der Waals surface area contributed by atoms with Gasteiger partial charge < -0.3 is 10.1 Å². The summed E-state index contributed by atoms with van der Waals surface area (Å²) in [5.41, 5.74) is 1.04. The van der Waals surface area contributed by atoms with Crippen LogP contribution in [-0.4, -0.2) is 43.8 Å². The first-order valence-electron chi connectivity index (χ1n) is 8.37. The third kappa shape index (κ3) is 3.86. The summed E-state index contributed by atoms with van der Waals surface area (Å²) in [6.45, 7) is 1.31. The molecule has 3 rings (SSSR count). The lowest BCUT2D eigenvalue weighted by Crippen LogP contribution is -2.28. The smallest absolute Gasteiger partial charge is 0.255 e. The zero-order valence-electron chi connectivity index (χ0n) is 14.5. The standard InChI is InChI=1S/C18H21N3O4S/c1-25-17-7-6-15(26(23,24)21-9-2-3-10-21)11-16(17)18(22)20-13-14-5-4-8-19-12-14/h4-8,11-12H,2-3,9-10,13H2,1H3,(H,20,22). The Morgan fingerprint density at radius 1 is 1.27 bits per heavy atom. The lowest BCUT2D eigenvalue weighted by Gasteiger charge is -2.17. The number of amides is 1. The Hall–Kier alpha value is -2.45. The second-order valence-corrected chi connectivity index (χ2v) is 7.96. The summed E-state index contributed by atoms with van der Waals surface area (Å²) in [5, 5.41) is 2.77. The van der Waals surface area contributed by atoms with E-state index < -0.39 is 15.9 Å². The molecule has 0 bridgehead atoms. The fraction of sp³-hybridized carbons (Fsp3) is 0.333. The highest BCUT2D eigenvalue weighted by Gasteiger charge is 2.28. The number of aromatic nitrogens is 1. The van der Waals surface area contributed by atoms with Gasteiger partial charge in [0.2, 0.25) is 10.0 Å². The van der Waals surface area contributed by atoms with Crippen LogP contribution in [0.1, 0.15) is 28.8 Å². The minimum Gasteiger partial charge on any atom is -0.496 e. The van der Waals surface area contributed by atoms with Gasteiger partial charge in [-0.05, 0) is 42.7 Å². The minimum absolute atomic E-state index is 0.103. The summed E-state index contributed by atoms with van der Waals surface area (Å²) in [6.07, 6.45) is 5.02. The number of nitrogens with one attached hydrogen (secondary N) is 1. The molecule has 0 spiro atoms. The van der Waals surface area contributed by atoms with Crippen molar-refractivity contribution in [3.63, 3.8) is 0 Å². The molecule has 1 amide bonds. The van der Waals surface area contributed by atoms with Crippen molar-refractivity contribution < 1.29 is 17.9 Å². The molecule has 26 heavy (non-hydrogen) atoms. The number of hydrogen-bond acceptors (Lipinski definition) is 5. The van der Waals surface area contributed by atoms with Crippen LogP contribution in [0.2, 0.25) is 0 Å². The number of nitrogens with zero attached hydrogens (tertiary/aromatic N) is 2. The topological polar surface area (TPSA) is 88.6 Å². The third-order valence-electron chi connectivity index (χ3n) is 4.29. The van der Waals surface area contributed by atoms with Crippen LogP contribution in [0.5, 0.6) is 5.75 Å². The average molecular weight is 375 g/mol. The predicted octanol–water partition coefficient (Wildman–Crippen LogP) is 1.80. The molecule has 1 aromatic carbocycles. The van der Waals surface area contributed by atoms with E-state index in [2.05, 4.69) is 10.3 Å². The highest BCUT2D eigenvalue weighted by molar-refractivity contribution is 7.89. The third-order valence-corrected chi connectivity index (χ3v) is 6.19. The number of carbonyl (C=O) groups is 1. The molecule has 1 saturated heterocycles. The number of pyridine rings is 1. The molecule has 8 heteroatoms. The van der Waals surface area contributed by atoms with E-state index in [1.54, 1.807) is 18.5 Å². The van der Waals surface area contributed by atoms with Crippen LogP contribution in [0.25, 0.3) is 0 Å². The normalized spacial score (nSPS) is 15.0. The molecule has 0 aliphatic carbocycles. The fourth-order valence-corrected chi connectivity index (χ4v) is 4.43. The maximum Gasteiger partial charge on any atom is 0.255 e. The van der Waals surface area contributed by atoms with E-state index in [1.807, 2.05) is 6.07 Å². The molecule has 2 heterocycles. The molecule has 1 fully saturated rings. The number of methoxy groups -OCH3 is 1. The summed E-state index contributed by atoms with van der Waals surface area (Å²) >= 11 is 0. The van der Waals surface area contributed by atoms with Gasteiger partial charge in [0, 0.05) is 32.0 Å². The Morgan fingerprint density at radius 2 is 2.04 bits per heavy atom. The van der Waals surface area contributed by atoms with Crippen LogP contribution in [0, 0.1) is 0 Å². The quantitative estimate of drug-likeness (QED) is 0.832. The molecule has 1 aliphatic heterocycles. The highest BCUT2D eigenvalue weighted by Crippen LogP contribution is 2.26. The largest absolute Gasteiger partial charge is 0.496 e. The predicted molar refractivity (Wildman–Crippen MR) is 96.4 cm³/mol. The Morgan fingerprint density at radius 3 is 2.69 bits per heavy atom. The first-order chi connectivity index (χ1) is 12.5. The summed E-state index contributed by atoms with van der Waals surface area (Å²) in [4.78, 5) is 16.7. The molecular weight excluding hydrogens is 354 g/mol. The lowest BCUT2D eigenvalue weighted by molar-refractivity contribution is 0.0947. The highest BCUT2D eigenvalue weighted by atomic mass is 32.2. The SMILES string of the molecule is COc1ccc(S(=O)(=O)N2CCCC2)cc1C(=O)NCc1cccnc1. The van der Waals surface area contributed by atoms with Gasteiger partial charge in [-0.3, -0.25) is 9.78 Å². The zero-order valence-corrected chi connectivity index (χ0v) is 15.3. The number of sulfonamides is 1. The molecule has 1 N–H and O–H groups in total. The van der Waals surface area contributed by atoms with Crippen molar-refractivity contribution in [2.24, 2.45) is 0 Å². The first kappa shape index (κ1) is 18.3. The van der Waals surface area contributed by atoms with E-state index in [9.17, 15) is 13.2 Å². The average Bonchev–Trinajstić information content (AvgIpc) is 3.22. The molecule has 0 radical (unpaired) electrons. The molecular formula is C18H21N3O4S. The monoisotopic (exact) mass is 375 g/mol. The maximum atomic E-state index is 12.7. The van der Waals surface area contributed by atoms with Gasteiger partial charge in [-0.1, -0.05) is 6.07 Å². The summed E-state index contributed by atoms with van der Waals surface area (Å²) in [6, 6.07) is 8.00. The Labute approximate surface area is 153 Å². The molecule has 1 aliphatic rings. The van der Waals surface area contributed by atoms with Crippen molar-refractivity contribution in [1.29, 1.82) is 0 Å². The van der Waals surface area contributed by atoms with E-state index >= 15 is 0 Å². The lowest BCUT2D eigenvalue weighted by atomic mass is 10.2. The Balaban J connectivity index is 1.84. The van der Waals surface area contributed by atoms with Gasteiger partial charge in [0.1, 0.15) is 5.75 Å². The number of hydrogen-bond donors (Lipinski definition) is 1. The molecule has 138 valence electrons. The Kier molecular flexibility index (Phi) is 5.53. The van der Waals surface area contributed by atoms with Gasteiger partial charge in [-0.25, -0.2) is 8.42 Å². The van der Waals surface area contributed by atoms with Crippen molar-refractivity contribution >= 4 is 15.9 Å². The second-order valence-electron chi connectivity index (χ2n) is 6.02. The van der Waals surface area contributed by atoms with Crippen molar-refractivity contribution in [3.8, 4) is 5.75 Å². The molecule has 7 nitrogen and oxygen atoms in total. The van der Waals surface area contributed by atoms with Crippen LogP contribution in [0.4, 0.5) is 0 Å².